The molecule has 2 heterocycles. The summed E-state index contributed by atoms with van der Waals surface area (Å²) in [5, 5.41) is 4.39. The van der Waals surface area contributed by atoms with E-state index in [1.54, 1.807) is 18.5 Å². The third kappa shape index (κ3) is 3.85. The first-order valence-electron chi connectivity index (χ1n) is 9.44. The smallest absolute Gasteiger partial charge is 0.331 e. The molecule has 29 heavy (non-hydrogen) atoms. The zero-order valence-electron chi connectivity index (χ0n) is 16.0. The fraction of sp³-hybridized carbons (Fsp3) is 0.333. The minimum Gasteiger partial charge on any atom is -0.467 e. The topological polar surface area (TPSA) is 94.3 Å². The first kappa shape index (κ1) is 19.4. The number of amides is 1. The predicted octanol–water partition coefficient (Wildman–Crippen LogP) is 3.73. The number of benzene rings is 1. The van der Waals surface area contributed by atoms with Crippen LogP contribution in [0.3, 0.4) is 0 Å². The van der Waals surface area contributed by atoms with E-state index in [-0.39, 0.29) is 5.76 Å². The lowest BCUT2D eigenvalue weighted by molar-refractivity contribution is -0.148. The molecule has 4 rings (SSSR count). The number of para-hydroxylation sites is 1. The van der Waals surface area contributed by atoms with Gasteiger partial charge < -0.3 is 14.5 Å². The van der Waals surface area contributed by atoms with Gasteiger partial charge in [-0.2, -0.15) is 0 Å². The van der Waals surface area contributed by atoms with E-state index in [0.717, 1.165) is 23.8 Å². The van der Waals surface area contributed by atoms with Crippen molar-refractivity contribution in [1.82, 2.24) is 15.3 Å². The molecule has 1 N–H and O–H groups in total. The van der Waals surface area contributed by atoms with Crippen molar-refractivity contribution in [1.29, 1.82) is 0 Å². The van der Waals surface area contributed by atoms with Crippen LogP contribution in [-0.2, 0) is 15.3 Å². The Labute approximate surface area is 172 Å². The van der Waals surface area contributed by atoms with Crippen LogP contribution in [0.4, 0.5) is 0 Å². The van der Waals surface area contributed by atoms with Crippen molar-refractivity contribution >= 4 is 34.6 Å². The number of thioether (sulfide) groups is 1. The molecule has 0 aliphatic heterocycles. The average Bonchev–Trinajstić information content (AvgIpc) is 3.38. The van der Waals surface area contributed by atoms with E-state index < -0.39 is 17.4 Å². The number of fused-ring (bicyclic) bond motifs is 1. The molecule has 3 aromatic rings. The Morgan fingerprint density at radius 1 is 1.17 bits per heavy atom. The fourth-order valence-corrected chi connectivity index (χ4v) is 4.58. The number of carbonyl (C=O) groups excluding carboxylic acids is 2. The van der Waals surface area contributed by atoms with Gasteiger partial charge >= 0.3 is 5.97 Å². The van der Waals surface area contributed by atoms with Gasteiger partial charge in [0.15, 0.2) is 10.9 Å². The van der Waals surface area contributed by atoms with Crippen molar-refractivity contribution in [3.63, 3.8) is 0 Å². The number of furan rings is 1. The fourth-order valence-electron chi connectivity index (χ4n) is 3.75. The number of nitrogens with zero attached hydrogens (tertiary/aromatic N) is 2. The minimum atomic E-state index is -0.988. The summed E-state index contributed by atoms with van der Waals surface area (Å²) in [6, 6.07) is 9.26. The van der Waals surface area contributed by atoms with Crippen LogP contribution < -0.4 is 5.32 Å². The Kier molecular flexibility index (Phi) is 5.53. The Balaban J connectivity index is 1.65. The van der Waals surface area contributed by atoms with Crippen molar-refractivity contribution in [3.8, 4) is 0 Å². The second-order valence-electron chi connectivity index (χ2n) is 6.96. The molecule has 2 aromatic heterocycles. The van der Waals surface area contributed by atoms with Crippen LogP contribution in [0, 0.1) is 0 Å². The lowest BCUT2D eigenvalue weighted by Gasteiger charge is -2.26. The van der Waals surface area contributed by atoms with Crippen LogP contribution in [0.5, 0.6) is 0 Å². The van der Waals surface area contributed by atoms with E-state index >= 15 is 0 Å². The second kappa shape index (κ2) is 8.24. The summed E-state index contributed by atoms with van der Waals surface area (Å²) in [5.41, 5.74) is 0.395. The average molecular weight is 411 g/mol. The molecule has 7 nitrogen and oxygen atoms in total. The van der Waals surface area contributed by atoms with Gasteiger partial charge in [0.1, 0.15) is 11.1 Å². The summed E-state index contributed by atoms with van der Waals surface area (Å²) in [6.07, 6.45) is 6.21. The molecule has 0 spiro atoms. The molecule has 1 saturated carbocycles. The van der Waals surface area contributed by atoms with Crippen molar-refractivity contribution < 1.29 is 18.7 Å². The highest BCUT2D eigenvalue weighted by molar-refractivity contribution is 7.98. The molecule has 0 bridgehead atoms. The maximum atomic E-state index is 13.2. The van der Waals surface area contributed by atoms with Gasteiger partial charge in [0.05, 0.1) is 7.11 Å². The zero-order valence-corrected chi connectivity index (χ0v) is 16.8. The van der Waals surface area contributed by atoms with Crippen LogP contribution in [-0.4, -0.2) is 34.5 Å². The quantitative estimate of drug-likeness (QED) is 0.375. The maximum Gasteiger partial charge on any atom is 0.331 e. The largest absolute Gasteiger partial charge is 0.467 e. The van der Waals surface area contributed by atoms with E-state index in [9.17, 15) is 9.59 Å². The van der Waals surface area contributed by atoms with Gasteiger partial charge in [-0.25, -0.2) is 14.8 Å². The first-order valence-corrected chi connectivity index (χ1v) is 10.4. The number of hydrogen-bond acceptors (Lipinski definition) is 7. The van der Waals surface area contributed by atoms with Crippen LogP contribution in [0.15, 0.2) is 52.3 Å². The third-order valence-corrected chi connectivity index (χ3v) is 6.08. The molecular formula is C21H21N3O4S. The summed E-state index contributed by atoms with van der Waals surface area (Å²) >= 11 is 1.42. The van der Waals surface area contributed by atoms with E-state index in [0.29, 0.717) is 29.3 Å². The van der Waals surface area contributed by atoms with Crippen LogP contribution in [0.2, 0.25) is 0 Å². The number of aromatic nitrogens is 2. The molecule has 0 atom stereocenters. The normalized spacial score (nSPS) is 15.3. The number of hydrogen-bond donors (Lipinski definition) is 1. The second-order valence-corrected chi connectivity index (χ2v) is 7.90. The third-order valence-electron chi connectivity index (χ3n) is 5.18. The number of rotatable bonds is 6. The lowest BCUT2D eigenvalue weighted by atomic mass is 9.97. The van der Waals surface area contributed by atoms with Crippen molar-refractivity contribution in [3.05, 3.63) is 54.0 Å². The Bertz CT molecular complexity index is 1030. The molecule has 0 saturated heterocycles. The Morgan fingerprint density at radius 2 is 1.90 bits per heavy atom. The number of ether oxygens (including phenoxy) is 1. The Morgan fingerprint density at radius 3 is 2.62 bits per heavy atom. The van der Waals surface area contributed by atoms with Gasteiger partial charge in [0.2, 0.25) is 0 Å². The molecule has 1 aromatic carbocycles. The van der Waals surface area contributed by atoms with E-state index in [2.05, 4.69) is 15.3 Å². The molecular weight excluding hydrogens is 390 g/mol. The van der Waals surface area contributed by atoms with Gasteiger partial charge in [-0.1, -0.05) is 42.8 Å². The van der Waals surface area contributed by atoms with Crippen molar-refractivity contribution in [2.45, 2.75) is 42.1 Å². The molecule has 1 aliphatic rings. The molecule has 0 unspecified atom stereocenters. The van der Waals surface area contributed by atoms with Crippen molar-refractivity contribution in [2.24, 2.45) is 0 Å². The predicted molar refractivity (Wildman–Crippen MR) is 108 cm³/mol. The summed E-state index contributed by atoms with van der Waals surface area (Å²) in [7, 11) is 1.34. The SMILES string of the molecule is COC(=O)C1(NC(=O)c2oc3ccccc3c2CSc2ncccn2)CCCC1. The molecule has 1 amide bonds. The highest BCUT2D eigenvalue weighted by Crippen LogP contribution is 2.34. The van der Waals surface area contributed by atoms with Gasteiger partial charge in [0, 0.05) is 29.1 Å². The standard InChI is InChI=1S/C21H21N3O4S/c1-27-19(26)21(9-4-5-10-21)24-18(25)17-15(13-29-20-22-11-6-12-23-20)14-7-2-3-8-16(14)28-17/h2-3,6-8,11-12H,4-5,9-10,13H2,1H3,(H,24,25). The number of carbonyl (C=O) groups is 2. The molecule has 1 aliphatic carbocycles. The van der Waals surface area contributed by atoms with E-state index in [4.69, 9.17) is 9.15 Å². The summed E-state index contributed by atoms with van der Waals surface area (Å²) < 4.78 is 10.9. The molecule has 1 fully saturated rings. The first-order chi connectivity index (χ1) is 14.1. The minimum absolute atomic E-state index is 0.213. The summed E-state index contributed by atoms with van der Waals surface area (Å²) in [4.78, 5) is 34.0. The highest BCUT2D eigenvalue weighted by atomic mass is 32.2. The zero-order chi connectivity index (χ0) is 20.3. The van der Waals surface area contributed by atoms with Crippen LogP contribution >= 0.6 is 11.8 Å². The molecule has 150 valence electrons. The van der Waals surface area contributed by atoms with Crippen LogP contribution in [0.1, 0.15) is 41.8 Å². The van der Waals surface area contributed by atoms with Gasteiger partial charge in [0.25, 0.3) is 5.91 Å². The number of nitrogens with one attached hydrogen (secondary N) is 1. The number of methoxy groups -OCH3 is 1. The van der Waals surface area contributed by atoms with E-state index in [1.807, 2.05) is 24.3 Å². The summed E-state index contributed by atoms with van der Waals surface area (Å²) in [5.74, 6) is -0.134. The molecule has 0 radical (unpaired) electrons. The van der Waals surface area contributed by atoms with Gasteiger partial charge in [-0.3, -0.25) is 4.79 Å². The summed E-state index contributed by atoms with van der Waals surface area (Å²) in [6.45, 7) is 0. The van der Waals surface area contributed by atoms with E-state index in [1.165, 1.54) is 18.9 Å². The maximum absolute atomic E-state index is 13.2. The monoisotopic (exact) mass is 411 g/mol. The van der Waals surface area contributed by atoms with Crippen LogP contribution in [0.25, 0.3) is 11.0 Å². The highest BCUT2D eigenvalue weighted by Gasteiger charge is 2.44. The van der Waals surface area contributed by atoms with Crippen molar-refractivity contribution in [2.75, 3.05) is 7.11 Å². The molecule has 8 heteroatoms. The Hall–Kier alpha value is -2.87. The lowest BCUT2D eigenvalue weighted by Crippen LogP contribution is -2.53. The van der Waals surface area contributed by atoms with Gasteiger partial charge in [-0.15, -0.1) is 0 Å². The number of esters is 1. The van der Waals surface area contributed by atoms with Gasteiger partial charge in [-0.05, 0) is 25.0 Å².